The first-order chi connectivity index (χ1) is 15.6. The molecule has 2 heterocycles. The smallest absolute Gasteiger partial charge is 0.248 e. The third-order valence-corrected chi connectivity index (χ3v) is 4.81. The molecule has 3 aromatic rings. The van der Waals surface area contributed by atoms with E-state index in [1.165, 1.54) is 6.08 Å². The maximum atomic E-state index is 13.6. The first-order valence-electron chi connectivity index (χ1n) is 10.0. The standard InChI is InChI=1S/C23H21F2N5O2/c24-17-2-7-21(25)16(13-17)1-8-23(31)28-19-5-3-18(4-6-19)27-22-14-20(15-26-29-22)30-9-11-32-12-10-30/h1-8,13-15H,9-12H2,(H,27,29)(H,28,31)/b8-1+. The van der Waals surface area contributed by atoms with E-state index in [1.54, 1.807) is 30.5 Å². The van der Waals surface area contributed by atoms with Crippen LogP contribution < -0.4 is 15.5 Å². The Hall–Kier alpha value is -3.85. The number of morpholine rings is 1. The fourth-order valence-electron chi connectivity index (χ4n) is 3.19. The van der Waals surface area contributed by atoms with Gasteiger partial charge in [-0.25, -0.2) is 8.78 Å². The van der Waals surface area contributed by atoms with Gasteiger partial charge in [0.2, 0.25) is 5.91 Å². The monoisotopic (exact) mass is 437 g/mol. The number of nitrogens with zero attached hydrogens (tertiary/aromatic N) is 3. The predicted octanol–water partition coefficient (Wildman–Crippen LogP) is 3.99. The van der Waals surface area contributed by atoms with Crippen LogP contribution in [-0.2, 0) is 9.53 Å². The number of nitrogens with one attached hydrogen (secondary N) is 2. The molecule has 1 aliphatic rings. The second-order valence-corrected chi connectivity index (χ2v) is 7.09. The summed E-state index contributed by atoms with van der Waals surface area (Å²) in [5, 5.41) is 14.0. The number of ether oxygens (including phenoxy) is 1. The van der Waals surface area contributed by atoms with Crippen LogP contribution in [0.1, 0.15) is 5.56 Å². The molecule has 1 saturated heterocycles. The lowest BCUT2D eigenvalue weighted by Crippen LogP contribution is -2.36. The quantitative estimate of drug-likeness (QED) is 0.568. The largest absolute Gasteiger partial charge is 0.378 e. The SMILES string of the molecule is O=C(/C=C/c1cc(F)ccc1F)Nc1ccc(Nc2cc(N3CCOCC3)cnn2)cc1. The van der Waals surface area contributed by atoms with Crippen LogP contribution in [0, 0.1) is 11.6 Å². The summed E-state index contributed by atoms with van der Waals surface area (Å²) < 4.78 is 32.2. The molecule has 1 amide bonds. The predicted molar refractivity (Wildman–Crippen MR) is 119 cm³/mol. The molecule has 0 saturated carbocycles. The molecule has 2 N–H and O–H groups in total. The molecule has 0 bridgehead atoms. The number of hydrogen-bond acceptors (Lipinski definition) is 6. The Balaban J connectivity index is 1.35. The molecule has 7 nitrogen and oxygen atoms in total. The number of hydrogen-bond donors (Lipinski definition) is 2. The Kier molecular flexibility index (Phi) is 6.66. The van der Waals surface area contributed by atoms with Gasteiger partial charge in [-0.3, -0.25) is 4.79 Å². The van der Waals surface area contributed by atoms with Crippen LogP contribution in [-0.4, -0.2) is 42.4 Å². The van der Waals surface area contributed by atoms with E-state index in [0.717, 1.165) is 48.7 Å². The molecule has 0 unspecified atom stereocenters. The van der Waals surface area contributed by atoms with Gasteiger partial charge in [0.1, 0.15) is 11.6 Å². The molecular formula is C23H21F2N5O2. The minimum Gasteiger partial charge on any atom is -0.378 e. The van der Waals surface area contributed by atoms with Crippen LogP contribution >= 0.6 is 0 Å². The number of amides is 1. The van der Waals surface area contributed by atoms with Crippen molar-refractivity contribution in [2.45, 2.75) is 0 Å². The zero-order valence-electron chi connectivity index (χ0n) is 17.1. The fraction of sp³-hybridized carbons (Fsp3) is 0.174. The molecule has 32 heavy (non-hydrogen) atoms. The summed E-state index contributed by atoms with van der Waals surface area (Å²) in [6.07, 6.45) is 4.10. The minimum atomic E-state index is -0.605. The van der Waals surface area contributed by atoms with E-state index in [9.17, 15) is 13.6 Å². The summed E-state index contributed by atoms with van der Waals surface area (Å²) in [6, 6.07) is 12.0. The molecule has 0 aliphatic carbocycles. The molecule has 4 rings (SSSR count). The highest BCUT2D eigenvalue weighted by Crippen LogP contribution is 2.21. The van der Waals surface area contributed by atoms with Crippen LogP contribution in [0.15, 0.2) is 60.8 Å². The van der Waals surface area contributed by atoms with Crippen LogP contribution in [0.5, 0.6) is 0 Å². The van der Waals surface area contributed by atoms with Crippen molar-refractivity contribution in [2.75, 3.05) is 41.8 Å². The van der Waals surface area contributed by atoms with Crippen molar-refractivity contribution in [1.82, 2.24) is 10.2 Å². The highest BCUT2D eigenvalue weighted by atomic mass is 19.1. The molecule has 1 aliphatic heterocycles. The summed E-state index contributed by atoms with van der Waals surface area (Å²) in [7, 11) is 0. The number of rotatable bonds is 6. The van der Waals surface area contributed by atoms with Crippen molar-refractivity contribution in [3.05, 3.63) is 78.0 Å². The second-order valence-electron chi connectivity index (χ2n) is 7.09. The minimum absolute atomic E-state index is 0.000108. The van der Waals surface area contributed by atoms with Gasteiger partial charge in [0.25, 0.3) is 0 Å². The fourth-order valence-corrected chi connectivity index (χ4v) is 3.19. The molecule has 164 valence electrons. The number of carbonyl (C=O) groups excluding carboxylic acids is 1. The van der Waals surface area contributed by atoms with E-state index >= 15 is 0 Å². The van der Waals surface area contributed by atoms with Gasteiger partial charge in [-0.15, -0.1) is 5.10 Å². The zero-order valence-corrected chi connectivity index (χ0v) is 17.1. The Morgan fingerprint density at radius 3 is 2.56 bits per heavy atom. The molecule has 9 heteroatoms. The first kappa shape index (κ1) is 21.4. The summed E-state index contributed by atoms with van der Waals surface area (Å²) in [5.74, 6) is -1.04. The van der Waals surface area contributed by atoms with Crippen molar-refractivity contribution < 1.29 is 18.3 Å². The van der Waals surface area contributed by atoms with Gasteiger partial charge in [-0.05, 0) is 48.5 Å². The van der Waals surface area contributed by atoms with Gasteiger partial charge in [0, 0.05) is 42.2 Å². The van der Waals surface area contributed by atoms with E-state index < -0.39 is 17.5 Å². The first-order valence-corrected chi connectivity index (χ1v) is 10.0. The van der Waals surface area contributed by atoms with Crippen molar-refractivity contribution in [2.24, 2.45) is 0 Å². The lowest BCUT2D eigenvalue weighted by Gasteiger charge is -2.28. The van der Waals surface area contributed by atoms with E-state index in [4.69, 9.17) is 4.74 Å². The van der Waals surface area contributed by atoms with Gasteiger partial charge < -0.3 is 20.3 Å². The average Bonchev–Trinajstić information content (AvgIpc) is 2.82. The molecular weight excluding hydrogens is 416 g/mol. The molecule has 0 spiro atoms. The van der Waals surface area contributed by atoms with Crippen molar-refractivity contribution in [3.63, 3.8) is 0 Å². The van der Waals surface area contributed by atoms with Gasteiger partial charge in [0.15, 0.2) is 5.82 Å². The van der Waals surface area contributed by atoms with Crippen LogP contribution in [0.3, 0.4) is 0 Å². The Labute approximate surface area is 183 Å². The maximum Gasteiger partial charge on any atom is 0.248 e. The zero-order chi connectivity index (χ0) is 22.3. The summed E-state index contributed by atoms with van der Waals surface area (Å²) in [5.41, 5.74) is 2.29. The topological polar surface area (TPSA) is 79.4 Å². The average molecular weight is 437 g/mol. The number of aromatic nitrogens is 2. The summed E-state index contributed by atoms with van der Waals surface area (Å²) >= 11 is 0. The Morgan fingerprint density at radius 2 is 1.78 bits per heavy atom. The summed E-state index contributed by atoms with van der Waals surface area (Å²) in [4.78, 5) is 14.3. The normalized spacial score (nSPS) is 13.9. The molecule has 0 atom stereocenters. The molecule has 0 radical (unpaired) electrons. The van der Waals surface area contributed by atoms with Gasteiger partial charge in [-0.1, -0.05) is 0 Å². The molecule has 2 aromatic carbocycles. The number of halogens is 2. The van der Waals surface area contributed by atoms with E-state index in [1.807, 2.05) is 6.07 Å². The van der Waals surface area contributed by atoms with Crippen molar-refractivity contribution in [1.29, 1.82) is 0 Å². The summed E-state index contributed by atoms with van der Waals surface area (Å²) in [6.45, 7) is 2.98. The van der Waals surface area contributed by atoms with Gasteiger partial charge in [-0.2, -0.15) is 5.10 Å². The molecule has 1 aromatic heterocycles. The molecule has 1 fully saturated rings. The Bertz CT molecular complexity index is 1120. The third-order valence-electron chi connectivity index (χ3n) is 4.81. The van der Waals surface area contributed by atoms with Crippen molar-refractivity contribution in [3.8, 4) is 0 Å². The maximum absolute atomic E-state index is 13.6. The van der Waals surface area contributed by atoms with E-state index in [-0.39, 0.29) is 5.56 Å². The number of carbonyl (C=O) groups is 1. The van der Waals surface area contributed by atoms with Crippen LogP contribution in [0.2, 0.25) is 0 Å². The van der Waals surface area contributed by atoms with Crippen LogP contribution in [0.4, 0.5) is 31.7 Å². The van der Waals surface area contributed by atoms with E-state index in [0.29, 0.717) is 24.7 Å². The lowest BCUT2D eigenvalue weighted by atomic mass is 10.2. The second kappa shape index (κ2) is 9.97. The Morgan fingerprint density at radius 1 is 1.03 bits per heavy atom. The third kappa shape index (κ3) is 5.64. The van der Waals surface area contributed by atoms with Gasteiger partial charge >= 0.3 is 0 Å². The highest BCUT2D eigenvalue weighted by molar-refractivity contribution is 6.02. The van der Waals surface area contributed by atoms with E-state index in [2.05, 4.69) is 25.7 Å². The van der Waals surface area contributed by atoms with Crippen molar-refractivity contribution >= 4 is 34.9 Å². The number of anilines is 4. The van der Waals surface area contributed by atoms with Gasteiger partial charge in [0.05, 0.1) is 25.1 Å². The number of benzene rings is 2. The van der Waals surface area contributed by atoms with Crippen LogP contribution in [0.25, 0.3) is 6.08 Å². The highest BCUT2D eigenvalue weighted by Gasteiger charge is 2.12. The lowest BCUT2D eigenvalue weighted by molar-refractivity contribution is -0.111.